The summed E-state index contributed by atoms with van der Waals surface area (Å²) in [6.07, 6.45) is 6.60. The molecule has 1 fully saturated rings. The van der Waals surface area contributed by atoms with Gasteiger partial charge in [-0.25, -0.2) is 4.98 Å². The van der Waals surface area contributed by atoms with E-state index in [1.165, 1.54) is 25.7 Å². The molecule has 1 aliphatic heterocycles. The van der Waals surface area contributed by atoms with Gasteiger partial charge in [-0.2, -0.15) is 0 Å². The molecule has 0 saturated heterocycles. The molecule has 5 nitrogen and oxygen atoms in total. The summed E-state index contributed by atoms with van der Waals surface area (Å²) in [6, 6.07) is 9.02. The van der Waals surface area contributed by atoms with Crippen LogP contribution in [0.5, 0.6) is 0 Å². The average Bonchev–Trinajstić information content (AvgIpc) is 3.26. The molecule has 2 amide bonds. The van der Waals surface area contributed by atoms with Crippen LogP contribution in [0.25, 0.3) is 0 Å². The molecule has 0 bridgehead atoms. The number of amides is 2. The highest BCUT2D eigenvalue weighted by Crippen LogP contribution is 2.35. The maximum Gasteiger partial charge on any atom is 0.258 e. The van der Waals surface area contributed by atoms with E-state index in [9.17, 15) is 9.59 Å². The molecule has 25 heavy (non-hydrogen) atoms. The SMILES string of the molecule is O=C1NCc2ccc(NC(=O)c3cccnc3SC3CCCC3)cc21. The first-order valence-electron chi connectivity index (χ1n) is 8.55. The molecule has 0 spiro atoms. The second-order valence-corrected chi connectivity index (χ2v) is 7.68. The lowest BCUT2D eigenvalue weighted by molar-refractivity contribution is 0.0964. The molecule has 1 saturated carbocycles. The third-order valence-corrected chi connectivity index (χ3v) is 6.00. The quantitative estimate of drug-likeness (QED) is 0.881. The number of carbonyl (C=O) groups excluding carboxylic acids is 2. The van der Waals surface area contributed by atoms with Gasteiger partial charge in [-0.05, 0) is 42.7 Å². The highest BCUT2D eigenvalue weighted by Gasteiger charge is 2.22. The van der Waals surface area contributed by atoms with Gasteiger partial charge < -0.3 is 10.6 Å². The van der Waals surface area contributed by atoms with Crippen molar-refractivity contribution in [1.82, 2.24) is 10.3 Å². The summed E-state index contributed by atoms with van der Waals surface area (Å²) in [7, 11) is 0. The van der Waals surface area contributed by atoms with Crippen molar-refractivity contribution in [2.45, 2.75) is 42.5 Å². The smallest absolute Gasteiger partial charge is 0.258 e. The van der Waals surface area contributed by atoms with Gasteiger partial charge in [0.25, 0.3) is 11.8 Å². The van der Waals surface area contributed by atoms with Crippen LogP contribution in [-0.2, 0) is 6.54 Å². The van der Waals surface area contributed by atoms with Crippen molar-refractivity contribution >= 4 is 29.3 Å². The first-order valence-corrected chi connectivity index (χ1v) is 9.43. The number of hydrogen-bond acceptors (Lipinski definition) is 4. The summed E-state index contributed by atoms with van der Waals surface area (Å²) in [5.41, 5.74) is 2.80. The lowest BCUT2D eigenvalue weighted by Crippen LogP contribution is -2.15. The van der Waals surface area contributed by atoms with E-state index in [-0.39, 0.29) is 11.8 Å². The number of anilines is 1. The predicted octanol–water partition coefficient (Wildman–Crippen LogP) is 3.61. The Morgan fingerprint density at radius 3 is 2.92 bits per heavy atom. The van der Waals surface area contributed by atoms with Crippen LogP contribution in [0.15, 0.2) is 41.6 Å². The maximum atomic E-state index is 12.7. The van der Waals surface area contributed by atoms with Crippen LogP contribution in [0, 0.1) is 0 Å². The van der Waals surface area contributed by atoms with E-state index in [2.05, 4.69) is 15.6 Å². The Bertz CT molecular complexity index is 831. The van der Waals surface area contributed by atoms with Crippen molar-refractivity contribution in [3.63, 3.8) is 0 Å². The number of benzene rings is 1. The molecular formula is C19H19N3O2S. The van der Waals surface area contributed by atoms with E-state index in [0.29, 0.717) is 28.6 Å². The van der Waals surface area contributed by atoms with Gasteiger partial charge in [-0.15, -0.1) is 11.8 Å². The van der Waals surface area contributed by atoms with Crippen molar-refractivity contribution in [2.24, 2.45) is 0 Å². The second-order valence-electron chi connectivity index (χ2n) is 6.39. The fourth-order valence-electron chi connectivity index (χ4n) is 3.31. The first-order chi connectivity index (χ1) is 12.2. The minimum atomic E-state index is -0.188. The van der Waals surface area contributed by atoms with Crippen LogP contribution >= 0.6 is 11.8 Å². The molecule has 0 unspecified atom stereocenters. The number of pyridine rings is 1. The number of nitrogens with zero attached hydrogens (tertiary/aromatic N) is 1. The number of aromatic nitrogens is 1. The number of thioether (sulfide) groups is 1. The number of hydrogen-bond donors (Lipinski definition) is 2. The number of carbonyl (C=O) groups is 2. The molecular weight excluding hydrogens is 334 g/mol. The Kier molecular flexibility index (Phi) is 4.44. The van der Waals surface area contributed by atoms with E-state index in [0.717, 1.165) is 10.6 Å². The van der Waals surface area contributed by atoms with Gasteiger partial charge in [0.1, 0.15) is 5.03 Å². The molecule has 2 N–H and O–H groups in total. The van der Waals surface area contributed by atoms with Crippen LogP contribution < -0.4 is 10.6 Å². The summed E-state index contributed by atoms with van der Waals surface area (Å²) in [4.78, 5) is 28.9. The minimum absolute atomic E-state index is 0.0926. The molecule has 2 aromatic rings. The number of rotatable bonds is 4. The van der Waals surface area contributed by atoms with Gasteiger partial charge >= 0.3 is 0 Å². The third-order valence-electron chi connectivity index (χ3n) is 4.65. The van der Waals surface area contributed by atoms with E-state index in [4.69, 9.17) is 0 Å². The second kappa shape index (κ2) is 6.88. The number of fused-ring (bicyclic) bond motifs is 1. The van der Waals surface area contributed by atoms with E-state index >= 15 is 0 Å². The average molecular weight is 353 g/mol. The maximum absolute atomic E-state index is 12.7. The van der Waals surface area contributed by atoms with Gasteiger partial charge in [0.15, 0.2) is 0 Å². The van der Waals surface area contributed by atoms with Gasteiger partial charge in [-0.1, -0.05) is 18.9 Å². The van der Waals surface area contributed by atoms with E-state index < -0.39 is 0 Å². The number of nitrogens with one attached hydrogen (secondary N) is 2. The van der Waals surface area contributed by atoms with Crippen LogP contribution in [0.1, 0.15) is 52.0 Å². The van der Waals surface area contributed by atoms with Crippen molar-refractivity contribution in [2.75, 3.05) is 5.32 Å². The first kappa shape index (κ1) is 16.1. The monoisotopic (exact) mass is 353 g/mol. The van der Waals surface area contributed by atoms with Crippen molar-refractivity contribution in [3.05, 3.63) is 53.2 Å². The van der Waals surface area contributed by atoms with Gasteiger partial charge in [-0.3, -0.25) is 9.59 Å². The fraction of sp³-hybridized carbons (Fsp3) is 0.316. The standard InChI is InChI=1S/C19H19N3O2S/c23-17-16-10-13(8-7-12(16)11-21-17)22-18(24)15-6-3-9-20-19(15)25-14-4-1-2-5-14/h3,6-10,14H,1-2,4-5,11H2,(H,21,23)(H,22,24). The van der Waals surface area contributed by atoms with E-state index in [1.54, 1.807) is 36.2 Å². The Morgan fingerprint density at radius 2 is 2.08 bits per heavy atom. The lowest BCUT2D eigenvalue weighted by atomic mass is 10.1. The summed E-state index contributed by atoms with van der Waals surface area (Å²) in [5.74, 6) is -0.281. The van der Waals surface area contributed by atoms with Crippen LogP contribution in [0.4, 0.5) is 5.69 Å². The highest BCUT2D eigenvalue weighted by atomic mass is 32.2. The molecule has 6 heteroatoms. The zero-order chi connectivity index (χ0) is 17.2. The molecule has 1 aromatic heterocycles. The fourth-order valence-corrected chi connectivity index (χ4v) is 4.60. The normalized spacial score (nSPS) is 16.6. The molecule has 2 heterocycles. The Hall–Kier alpha value is -2.34. The van der Waals surface area contributed by atoms with Gasteiger partial charge in [0.2, 0.25) is 0 Å². The van der Waals surface area contributed by atoms with Crippen molar-refractivity contribution < 1.29 is 9.59 Å². The molecule has 0 radical (unpaired) electrons. The summed E-state index contributed by atoms with van der Waals surface area (Å²) >= 11 is 1.70. The van der Waals surface area contributed by atoms with Crippen LogP contribution in [-0.4, -0.2) is 22.0 Å². The third kappa shape index (κ3) is 3.39. The van der Waals surface area contributed by atoms with Crippen LogP contribution in [0.3, 0.4) is 0 Å². The predicted molar refractivity (Wildman–Crippen MR) is 97.9 cm³/mol. The zero-order valence-electron chi connectivity index (χ0n) is 13.7. The van der Waals surface area contributed by atoms with Crippen molar-refractivity contribution in [3.8, 4) is 0 Å². The molecule has 4 rings (SSSR count). The van der Waals surface area contributed by atoms with E-state index in [1.807, 2.05) is 12.1 Å². The Balaban J connectivity index is 1.53. The molecule has 1 aliphatic carbocycles. The Labute approximate surface area is 150 Å². The summed E-state index contributed by atoms with van der Waals surface area (Å²) in [6.45, 7) is 0.549. The van der Waals surface area contributed by atoms with Gasteiger partial charge in [0, 0.05) is 29.2 Å². The Morgan fingerprint density at radius 1 is 1.24 bits per heavy atom. The molecule has 2 aliphatic rings. The minimum Gasteiger partial charge on any atom is -0.348 e. The van der Waals surface area contributed by atoms with Crippen LogP contribution in [0.2, 0.25) is 0 Å². The summed E-state index contributed by atoms with van der Waals surface area (Å²) in [5, 5.41) is 7.01. The zero-order valence-corrected chi connectivity index (χ0v) is 14.6. The van der Waals surface area contributed by atoms with Crippen molar-refractivity contribution in [1.29, 1.82) is 0 Å². The highest BCUT2D eigenvalue weighted by molar-refractivity contribution is 7.99. The van der Waals surface area contributed by atoms with Gasteiger partial charge in [0.05, 0.1) is 5.56 Å². The molecule has 1 aromatic carbocycles. The molecule has 0 atom stereocenters. The summed E-state index contributed by atoms with van der Waals surface area (Å²) < 4.78 is 0. The lowest BCUT2D eigenvalue weighted by Gasteiger charge is -2.12. The molecule has 128 valence electrons. The largest absolute Gasteiger partial charge is 0.348 e. The topological polar surface area (TPSA) is 71.1 Å².